The average molecular weight is 880 g/mol. The van der Waals surface area contributed by atoms with Gasteiger partial charge in [-0.05, 0) is 46.9 Å². The molecule has 61 heavy (non-hydrogen) atoms. The highest BCUT2D eigenvalue weighted by Crippen LogP contribution is 2.37. The molecule has 4 aromatic rings. The number of nitrogens with zero attached hydrogens (tertiary/aromatic N) is 4. The summed E-state index contributed by atoms with van der Waals surface area (Å²) in [6.07, 6.45) is 3.19. The molecule has 6 rings (SSSR count). The van der Waals surface area contributed by atoms with Crippen molar-refractivity contribution in [2.45, 2.75) is 75.2 Å². The smallest absolute Gasteiger partial charge is 0.407 e. The zero-order valence-electron chi connectivity index (χ0n) is 34.9. The van der Waals surface area contributed by atoms with Crippen LogP contribution in [0, 0.1) is 11.8 Å². The summed E-state index contributed by atoms with van der Waals surface area (Å²) in [6, 6.07) is 12.3. The van der Waals surface area contributed by atoms with E-state index in [0.717, 1.165) is 28.5 Å². The fourth-order valence-corrected chi connectivity index (χ4v) is 9.38. The maximum atomic E-state index is 13.8. The van der Waals surface area contributed by atoms with Crippen LogP contribution >= 0.6 is 0 Å². The lowest BCUT2D eigenvalue weighted by molar-refractivity contribution is -0.136. The normalized spacial score (nSPS) is 20.7. The summed E-state index contributed by atoms with van der Waals surface area (Å²) in [6.45, 7) is 7.04. The number of hydrogen-bond donors (Lipinski definition) is 4. The van der Waals surface area contributed by atoms with Crippen LogP contribution in [0.5, 0.6) is 0 Å². The van der Waals surface area contributed by atoms with Gasteiger partial charge in [-0.2, -0.15) is 0 Å². The van der Waals surface area contributed by atoms with E-state index < -0.39 is 79.6 Å². The number of aromatic nitrogens is 4. The molecule has 2 aromatic carbocycles. The van der Waals surface area contributed by atoms with Crippen molar-refractivity contribution in [3.05, 3.63) is 72.6 Å². The second-order valence-corrected chi connectivity index (χ2v) is 19.6. The number of sulfone groups is 1. The van der Waals surface area contributed by atoms with Crippen molar-refractivity contribution in [3.8, 4) is 33.6 Å². The number of nitrogens with one attached hydrogen (secondary N) is 4. The third-order valence-electron chi connectivity index (χ3n) is 11.3. The van der Waals surface area contributed by atoms with Gasteiger partial charge in [-0.3, -0.25) is 13.8 Å². The van der Waals surface area contributed by atoms with Gasteiger partial charge >= 0.3 is 12.2 Å². The first kappa shape index (κ1) is 44.9. The molecule has 18 nitrogen and oxygen atoms in total. The Kier molecular flexibility index (Phi) is 13.7. The van der Waals surface area contributed by atoms with E-state index in [1.54, 1.807) is 40.1 Å². The van der Waals surface area contributed by atoms with Crippen LogP contribution < -0.4 is 10.6 Å². The second kappa shape index (κ2) is 18.6. The zero-order valence-corrected chi connectivity index (χ0v) is 36.5. The van der Waals surface area contributed by atoms with Crippen molar-refractivity contribution in [3.63, 3.8) is 0 Å². The van der Waals surface area contributed by atoms with E-state index in [1.807, 2.05) is 48.5 Å². The number of carbonyl (C=O) groups is 4. The van der Waals surface area contributed by atoms with Gasteiger partial charge in [-0.1, -0.05) is 87.3 Å². The Morgan fingerprint density at radius 3 is 1.49 bits per heavy atom. The summed E-state index contributed by atoms with van der Waals surface area (Å²) in [4.78, 5) is 70.2. The van der Waals surface area contributed by atoms with E-state index in [1.165, 1.54) is 24.0 Å². The molecule has 328 valence electrons. The SMILES string of the molecule is COC(=O)N[C@H](C(=O)N1C[C@@H](S(=O)[O-])C[C@H]1c1ncc(-c2ccc(-c3ccc(-c4cnc([C@@H]5C[C@H](S(C)(=O)=O)CN5C(=O)[C@@H](NC(=O)OC)C(C)C)[nH]4)cc3)cc2)[nH]1)C(C)C. The summed E-state index contributed by atoms with van der Waals surface area (Å²) in [7, 11) is -1.09. The highest BCUT2D eigenvalue weighted by atomic mass is 32.2. The van der Waals surface area contributed by atoms with Crippen molar-refractivity contribution in [2.24, 2.45) is 11.8 Å². The fourth-order valence-electron chi connectivity index (χ4n) is 7.80. The quantitative estimate of drug-likeness (QED) is 0.139. The van der Waals surface area contributed by atoms with E-state index in [4.69, 9.17) is 9.47 Å². The molecule has 0 bridgehead atoms. The van der Waals surface area contributed by atoms with Gasteiger partial charge in [0, 0.05) is 24.6 Å². The minimum Gasteiger partial charge on any atom is -0.772 e. The van der Waals surface area contributed by atoms with Crippen molar-refractivity contribution < 1.29 is 45.8 Å². The van der Waals surface area contributed by atoms with Gasteiger partial charge in [0.25, 0.3) is 0 Å². The molecule has 0 spiro atoms. The maximum Gasteiger partial charge on any atom is 0.407 e. The third kappa shape index (κ3) is 9.97. The summed E-state index contributed by atoms with van der Waals surface area (Å²) in [5.41, 5.74) is 4.83. The first-order valence-electron chi connectivity index (χ1n) is 19.8. The minimum absolute atomic E-state index is 0.0395. The number of imidazole rings is 2. The Labute approximate surface area is 356 Å². The molecule has 2 aliphatic rings. The lowest BCUT2D eigenvalue weighted by Crippen LogP contribution is -2.51. The van der Waals surface area contributed by atoms with Gasteiger partial charge in [0.1, 0.15) is 23.7 Å². The predicted molar refractivity (Wildman–Crippen MR) is 225 cm³/mol. The van der Waals surface area contributed by atoms with Gasteiger partial charge in [0.15, 0.2) is 9.84 Å². The Bertz CT molecular complexity index is 2360. The summed E-state index contributed by atoms with van der Waals surface area (Å²) < 4.78 is 58.8. The number of ether oxygens (including phenoxy) is 2. The van der Waals surface area contributed by atoms with Crippen LogP contribution in [0.3, 0.4) is 0 Å². The Balaban J connectivity index is 1.17. The van der Waals surface area contributed by atoms with Crippen LogP contribution in [0.15, 0.2) is 60.9 Å². The highest BCUT2D eigenvalue weighted by Gasteiger charge is 2.45. The standard InChI is InChI=1S/C41H52N8O10S2/c1-22(2)34(46-40(52)58-5)38(50)48-20-28(60(54)55)16-32(48)36-42-18-30(44-36)26-12-8-24(9-13-26)25-10-14-27(15-11-25)31-19-43-37(45-31)33-17-29(61(7,56)57)21-49(33)39(51)35(23(3)4)47-41(53)59-6/h8-15,18-19,22-23,28-29,32-35H,16-17,20-21H2,1-7H3,(H,42,44)(H,43,45)(H,46,52)(H,47,53)(H,54,55)/p-1/t28-,29-,32-,33-,34-,35-/m0/s1. The molecule has 4 heterocycles. The molecule has 7 atom stereocenters. The molecule has 2 aliphatic heterocycles. The summed E-state index contributed by atoms with van der Waals surface area (Å²) in [5.74, 6) is -0.591. The highest BCUT2D eigenvalue weighted by molar-refractivity contribution is 7.91. The number of alkyl carbamates (subject to hydrolysis) is 2. The minimum atomic E-state index is -3.50. The van der Waals surface area contributed by atoms with Gasteiger partial charge in [-0.15, -0.1) is 0 Å². The van der Waals surface area contributed by atoms with Crippen LogP contribution in [-0.4, -0.2) is 127 Å². The molecule has 0 saturated carbocycles. The van der Waals surface area contributed by atoms with Gasteiger partial charge in [0.05, 0.1) is 55.3 Å². The molecular formula is C41H51N8O10S2-. The molecule has 4 N–H and O–H groups in total. The fraction of sp³-hybridized carbons (Fsp3) is 0.463. The van der Waals surface area contributed by atoms with Crippen LogP contribution in [0.4, 0.5) is 9.59 Å². The Morgan fingerprint density at radius 2 is 1.11 bits per heavy atom. The number of benzene rings is 2. The van der Waals surface area contributed by atoms with E-state index in [0.29, 0.717) is 23.0 Å². The van der Waals surface area contributed by atoms with Crippen molar-refractivity contribution >= 4 is 44.9 Å². The van der Waals surface area contributed by atoms with E-state index in [9.17, 15) is 36.4 Å². The van der Waals surface area contributed by atoms with Gasteiger partial charge < -0.3 is 44.4 Å². The molecule has 1 unspecified atom stereocenters. The molecule has 2 fully saturated rings. The molecule has 0 aliphatic carbocycles. The number of aromatic amines is 2. The average Bonchev–Trinajstić information content (AvgIpc) is 4.07. The van der Waals surface area contributed by atoms with Gasteiger partial charge in [0.2, 0.25) is 11.8 Å². The number of hydrogen-bond acceptors (Lipinski definition) is 12. The molecule has 4 amide bonds. The first-order chi connectivity index (χ1) is 28.9. The number of amides is 4. The molecule has 2 aromatic heterocycles. The third-order valence-corrected chi connectivity index (χ3v) is 13.7. The Hall–Kier alpha value is -5.60. The number of H-pyrrole nitrogens is 2. The maximum absolute atomic E-state index is 13.8. The first-order valence-corrected chi connectivity index (χ1v) is 22.9. The zero-order chi connectivity index (χ0) is 44.3. The van der Waals surface area contributed by atoms with E-state index in [-0.39, 0.29) is 37.8 Å². The number of rotatable bonds is 13. The van der Waals surface area contributed by atoms with E-state index in [2.05, 4.69) is 30.6 Å². The second-order valence-electron chi connectivity index (χ2n) is 16.1. The van der Waals surface area contributed by atoms with Crippen molar-refractivity contribution in [2.75, 3.05) is 33.6 Å². The monoisotopic (exact) mass is 879 g/mol. The molecule has 0 radical (unpaired) electrons. The molecular weight excluding hydrogens is 829 g/mol. The Morgan fingerprint density at radius 1 is 0.721 bits per heavy atom. The van der Waals surface area contributed by atoms with Crippen LogP contribution in [0.1, 0.15) is 64.3 Å². The lowest BCUT2D eigenvalue weighted by Gasteiger charge is -2.30. The summed E-state index contributed by atoms with van der Waals surface area (Å²) in [5, 5.41) is 3.54. The van der Waals surface area contributed by atoms with Crippen LogP contribution in [-0.2, 0) is 40.0 Å². The van der Waals surface area contributed by atoms with E-state index >= 15 is 0 Å². The summed E-state index contributed by atoms with van der Waals surface area (Å²) >= 11 is -2.43. The predicted octanol–water partition coefficient (Wildman–Crippen LogP) is 4.10. The largest absolute Gasteiger partial charge is 0.772 e. The number of carbonyl (C=O) groups excluding carboxylic acids is 4. The molecule has 2 saturated heterocycles. The van der Waals surface area contributed by atoms with Crippen LogP contribution in [0.2, 0.25) is 0 Å². The van der Waals surface area contributed by atoms with Crippen molar-refractivity contribution in [1.29, 1.82) is 0 Å². The van der Waals surface area contributed by atoms with Gasteiger partial charge in [-0.25, -0.2) is 28.0 Å². The molecule has 20 heteroatoms. The number of methoxy groups -OCH3 is 2. The topological polar surface area (TPSA) is 249 Å². The number of likely N-dealkylation sites (tertiary alicyclic amines) is 2. The van der Waals surface area contributed by atoms with Crippen LogP contribution in [0.25, 0.3) is 33.6 Å². The van der Waals surface area contributed by atoms with Crippen molar-refractivity contribution in [1.82, 2.24) is 40.4 Å². The lowest BCUT2D eigenvalue weighted by atomic mass is 10.0.